The molecule has 0 fully saturated rings. The number of urea groups is 1. The van der Waals surface area contributed by atoms with Crippen LogP contribution in [0.4, 0.5) is 23.7 Å². The van der Waals surface area contributed by atoms with E-state index in [0.29, 0.717) is 11.4 Å². The lowest BCUT2D eigenvalue weighted by atomic mass is 10.2. The maximum atomic E-state index is 12.2. The second kappa shape index (κ2) is 6.23. The predicted molar refractivity (Wildman–Crippen MR) is 84.1 cm³/mol. The number of nitrogens with zero attached hydrogens (tertiary/aromatic N) is 2. The summed E-state index contributed by atoms with van der Waals surface area (Å²) in [6, 6.07) is 13.3. The SMILES string of the molecule is O=C(NCC(F)(F)F)Nc1ccccc1-n1cnc2ccccc21. The van der Waals surface area contributed by atoms with E-state index >= 15 is 0 Å². The van der Waals surface area contributed by atoms with E-state index < -0.39 is 18.8 Å². The zero-order valence-corrected chi connectivity index (χ0v) is 12.3. The van der Waals surface area contributed by atoms with Gasteiger partial charge in [-0.05, 0) is 24.3 Å². The van der Waals surface area contributed by atoms with Gasteiger partial charge in [0, 0.05) is 0 Å². The van der Waals surface area contributed by atoms with E-state index in [1.54, 1.807) is 40.5 Å². The van der Waals surface area contributed by atoms with E-state index in [9.17, 15) is 18.0 Å². The number of alkyl halides is 3. The number of carbonyl (C=O) groups excluding carboxylic acids is 1. The highest BCUT2D eigenvalue weighted by Crippen LogP contribution is 2.24. The summed E-state index contributed by atoms with van der Waals surface area (Å²) in [5.74, 6) is 0. The van der Waals surface area contributed by atoms with Crippen LogP contribution in [0.1, 0.15) is 0 Å². The van der Waals surface area contributed by atoms with Crippen molar-refractivity contribution in [3.63, 3.8) is 0 Å². The quantitative estimate of drug-likeness (QED) is 0.767. The first-order chi connectivity index (χ1) is 11.4. The van der Waals surface area contributed by atoms with Crippen LogP contribution in [0, 0.1) is 0 Å². The molecule has 3 aromatic rings. The summed E-state index contributed by atoms with van der Waals surface area (Å²) >= 11 is 0. The van der Waals surface area contributed by atoms with Crippen LogP contribution in [-0.2, 0) is 0 Å². The molecular weight excluding hydrogens is 321 g/mol. The molecule has 2 amide bonds. The Morgan fingerprint density at radius 2 is 1.79 bits per heavy atom. The summed E-state index contributed by atoms with van der Waals surface area (Å²) in [4.78, 5) is 16.0. The van der Waals surface area contributed by atoms with Crippen LogP contribution < -0.4 is 10.6 Å². The van der Waals surface area contributed by atoms with Crippen molar-refractivity contribution < 1.29 is 18.0 Å². The third kappa shape index (κ3) is 3.48. The Bertz CT molecular complexity index is 873. The van der Waals surface area contributed by atoms with Gasteiger partial charge in [-0.1, -0.05) is 24.3 Å². The number of para-hydroxylation sites is 4. The molecule has 0 radical (unpaired) electrons. The summed E-state index contributed by atoms with van der Waals surface area (Å²) in [6.45, 7) is -1.39. The summed E-state index contributed by atoms with van der Waals surface area (Å²) in [7, 11) is 0. The smallest absolute Gasteiger partial charge is 0.329 e. The number of hydrogen-bond acceptors (Lipinski definition) is 2. The zero-order valence-electron chi connectivity index (χ0n) is 12.3. The van der Waals surface area contributed by atoms with Crippen molar-refractivity contribution in [2.75, 3.05) is 11.9 Å². The average Bonchev–Trinajstić information content (AvgIpc) is 2.97. The van der Waals surface area contributed by atoms with E-state index in [4.69, 9.17) is 0 Å². The minimum absolute atomic E-state index is 0.375. The number of benzene rings is 2. The second-order valence-electron chi connectivity index (χ2n) is 5.04. The van der Waals surface area contributed by atoms with E-state index in [-0.39, 0.29) is 0 Å². The van der Waals surface area contributed by atoms with E-state index in [0.717, 1.165) is 11.0 Å². The van der Waals surface area contributed by atoms with Gasteiger partial charge >= 0.3 is 12.2 Å². The van der Waals surface area contributed by atoms with Gasteiger partial charge in [0.25, 0.3) is 0 Å². The number of amides is 2. The molecule has 0 aliphatic rings. The molecule has 124 valence electrons. The molecule has 2 aromatic carbocycles. The third-order valence-electron chi connectivity index (χ3n) is 3.31. The molecule has 0 aliphatic carbocycles. The van der Waals surface area contributed by atoms with Crippen LogP contribution in [0.5, 0.6) is 0 Å². The molecule has 1 heterocycles. The third-order valence-corrected chi connectivity index (χ3v) is 3.31. The van der Waals surface area contributed by atoms with Crippen LogP contribution in [0.15, 0.2) is 54.9 Å². The number of nitrogens with one attached hydrogen (secondary N) is 2. The Morgan fingerprint density at radius 3 is 2.58 bits per heavy atom. The lowest BCUT2D eigenvalue weighted by Gasteiger charge is -2.14. The minimum atomic E-state index is -4.46. The summed E-state index contributed by atoms with van der Waals surface area (Å²) in [5.41, 5.74) is 2.57. The number of halogens is 3. The molecule has 0 spiro atoms. The van der Waals surface area contributed by atoms with Gasteiger partial charge < -0.3 is 10.6 Å². The summed E-state index contributed by atoms with van der Waals surface area (Å²) in [6.07, 6.45) is -2.86. The standard InChI is InChI=1S/C16H13F3N4O/c17-16(18,19)9-20-15(24)22-12-6-2-4-8-14(12)23-10-21-11-5-1-3-7-13(11)23/h1-8,10H,9H2,(H2,20,22,24). The molecule has 8 heteroatoms. The Kier molecular flexibility index (Phi) is 4.11. The molecule has 2 N–H and O–H groups in total. The highest BCUT2D eigenvalue weighted by Gasteiger charge is 2.27. The largest absolute Gasteiger partial charge is 0.405 e. The van der Waals surface area contributed by atoms with Crippen molar-refractivity contribution in [1.82, 2.24) is 14.9 Å². The first-order valence-corrected chi connectivity index (χ1v) is 7.07. The fraction of sp³-hybridized carbons (Fsp3) is 0.125. The van der Waals surface area contributed by atoms with Gasteiger partial charge in [-0.2, -0.15) is 13.2 Å². The molecule has 5 nitrogen and oxygen atoms in total. The number of fused-ring (bicyclic) bond motifs is 1. The highest BCUT2D eigenvalue weighted by atomic mass is 19.4. The van der Waals surface area contributed by atoms with Crippen molar-refractivity contribution in [1.29, 1.82) is 0 Å². The number of aromatic nitrogens is 2. The highest BCUT2D eigenvalue weighted by molar-refractivity contribution is 5.92. The molecule has 0 saturated heterocycles. The van der Waals surface area contributed by atoms with Gasteiger partial charge in [0.2, 0.25) is 0 Å². The molecule has 1 aromatic heterocycles. The number of imidazole rings is 1. The van der Waals surface area contributed by atoms with Gasteiger partial charge in [0.1, 0.15) is 12.9 Å². The maximum absolute atomic E-state index is 12.2. The first kappa shape index (κ1) is 15.9. The van der Waals surface area contributed by atoms with Crippen molar-refractivity contribution >= 4 is 22.8 Å². The summed E-state index contributed by atoms with van der Waals surface area (Å²) in [5, 5.41) is 4.22. The van der Waals surface area contributed by atoms with E-state index in [1.807, 2.05) is 24.3 Å². The van der Waals surface area contributed by atoms with Gasteiger partial charge in [-0.15, -0.1) is 0 Å². The molecule has 0 unspecified atom stereocenters. The average molecular weight is 334 g/mol. The normalized spacial score (nSPS) is 11.5. The fourth-order valence-corrected chi connectivity index (χ4v) is 2.29. The zero-order chi connectivity index (χ0) is 17.2. The molecule has 0 saturated carbocycles. The second-order valence-corrected chi connectivity index (χ2v) is 5.04. The number of anilines is 1. The van der Waals surface area contributed by atoms with E-state index in [2.05, 4.69) is 10.3 Å². The predicted octanol–water partition coefficient (Wildman–Crippen LogP) is 3.71. The molecule has 24 heavy (non-hydrogen) atoms. The van der Waals surface area contributed by atoms with Gasteiger partial charge in [0.05, 0.1) is 22.4 Å². The van der Waals surface area contributed by atoms with Crippen LogP contribution in [0.3, 0.4) is 0 Å². The molecular formula is C16H13F3N4O. The van der Waals surface area contributed by atoms with Crippen molar-refractivity contribution in [3.05, 3.63) is 54.9 Å². The molecule has 0 atom stereocenters. The monoisotopic (exact) mass is 334 g/mol. The van der Waals surface area contributed by atoms with Crippen LogP contribution in [0.2, 0.25) is 0 Å². The Morgan fingerprint density at radius 1 is 1.08 bits per heavy atom. The van der Waals surface area contributed by atoms with Crippen LogP contribution in [0.25, 0.3) is 16.7 Å². The Balaban J connectivity index is 1.87. The summed E-state index contributed by atoms with van der Waals surface area (Å²) < 4.78 is 38.3. The van der Waals surface area contributed by atoms with Crippen LogP contribution >= 0.6 is 0 Å². The topological polar surface area (TPSA) is 59.0 Å². The minimum Gasteiger partial charge on any atom is -0.329 e. The number of rotatable bonds is 3. The Hall–Kier alpha value is -3.03. The van der Waals surface area contributed by atoms with Crippen LogP contribution in [-0.4, -0.2) is 28.3 Å². The lowest BCUT2D eigenvalue weighted by Crippen LogP contribution is -2.36. The molecule has 0 bridgehead atoms. The maximum Gasteiger partial charge on any atom is 0.405 e. The van der Waals surface area contributed by atoms with Crippen molar-refractivity contribution in [2.24, 2.45) is 0 Å². The first-order valence-electron chi connectivity index (χ1n) is 7.07. The number of carbonyl (C=O) groups is 1. The number of hydrogen-bond donors (Lipinski definition) is 2. The van der Waals surface area contributed by atoms with Crippen molar-refractivity contribution in [3.8, 4) is 5.69 Å². The molecule has 3 rings (SSSR count). The fourth-order valence-electron chi connectivity index (χ4n) is 2.29. The van der Waals surface area contributed by atoms with Gasteiger partial charge in [-0.25, -0.2) is 9.78 Å². The lowest BCUT2D eigenvalue weighted by molar-refractivity contribution is -0.122. The van der Waals surface area contributed by atoms with Crippen molar-refractivity contribution in [2.45, 2.75) is 6.18 Å². The van der Waals surface area contributed by atoms with E-state index in [1.165, 1.54) is 0 Å². The molecule has 0 aliphatic heterocycles. The van der Waals surface area contributed by atoms with Gasteiger partial charge in [-0.3, -0.25) is 4.57 Å². The van der Waals surface area contributed by atoms with Gasteiger partial charge in [0.15, 0.2) is 0 Å². The Labute approximate surface area is 135 Å².